The normalized spacial score (nSPS) is 28.4. The first-order chi connectivity index (χ1) is 6.35. The van der Waals surface area contributed by atoms with Crippen LogP contribution in [0.1, 0.15) is 57.8 Å². The molecule has 0 aromatic carbocycles. The van der Waals surface area contributed by atoms with Gasteiger partial charge >= 0.3 is 0 Å². The molecule has 2 aliphatic carbocycles. The maximum absolute atomic E-state index is 5.95. The van der Waals surface area contributed by atoms with Crippen LogP contribution in [0, 0.1) is 11.3 Å². The van der Waals surface area contributed by atoms with E-state index in [9.17, 15) is 0 Å². The zero-order chi connectivity index (χ0) is 9.15. The molecule has 0 heterocycles. The van der Waals surface area contributed by atoms with Crippen molar-refractivity contribution >= 4 is 0 Å². The standard InChI is InChI=1S/C12H23N/c13-10-12(7-3-4-8-12)9-11-5-1-2-6-11/h11H,1-10,13H2. The molecule has 0 saturated heterocycles. The van der Waals surface area contributed by atoms with E-state index in [-0.39, 0.29) is 0 Å². The Hall–Kier alpha value is -0.0400. The molecule has 0 atom stereocenters. The van der Waals surface area contributed by atoms with Crippen molar-refractivity contribution in [1.29, 1.82) is 0 Å². The maximum atomic E-state index is 5.95. The monoisotopic (exact) mass is 181 g/mol. The predicted molar refractivity (Wildman–Crippen MR) is 56.5 cm³/mol. The molecule has 2 aliphatic rings. The highest BCUT2D eigenvalue weighted by atomic mass is 14.6. The Morgan fingerprint density at radius 3 is 2.15 bits per heavy atom. The van der Waals surface area contributed by atoms with Crippen LogP contribution in [0.4, 0.5) is 0 Å². The van der Waals surface area contributed by atoms with Gasteiger partial charge in [0, 0.05) is 0 Å². The fourth-order valence-corrected chi connectivity index (χ4v) is 3.44. The highest BCUT2D eigenvalue weighted by molar-refractivity contribution is 4.88. The summed E-state index contributed by atoms with van der Waals surface area (Å²) in [7, 11) is 0. The SMILES string of the molecule is NCC1(CC2CCCC2)CCCC1. The van der Waals surface area contributed by atoms with Crippen LogP contribution in [0.3, 0.4) is 0 Å². The number of hydrogen-bond acceptors (Lipinski definition) is 1. The van der Waals surface area contributed by atoms with Crippen molar-refractivity contribution in [2.75, 3.05) is 6.54 Å². The van der Waals surface area contributed by atoms with E-state index in [0.29, 0.717) is 5.41 Å². The summed E-state index contributed by atoms with van der Waals surface area (Å²) in [6.45, 7) is 0.948. The minimum absolute atomic E-state index is 0.578. The maximum Gasteiger partial charge on any atom is -0.00204 e. The van der Waals surface area contributed by atoms with Gasteiger partial charge < -0.3 is 5.73 Å². The van der Waals surface area contributed by atoms with E-state index >= 15 is 0 Å². The first-order valence-corrected chi connectivity index (χ1v) is 6.05. The molecule has 2 saturated carbocycles. The van der Waals surface area contributed by atoms with Gasteiger partial charge in [0.15, 0.2) is 0 Å². The van der Waals surface area contributed by atoms with Crippen LogP contribution in [0.5, 0.6) is 0 Å². The largest absolute Gasteiger partial charge is 0.330 e. The molecule has 1 nitrogen and oxygen atoms in total. The summed E-state index contributed by atoms with van der Waals surface area (Å²) in [6, 6.07) is 0. The van der Waals surface area contributed by atoms with Crippen LogP contribution in [-0.4, -0.2) is 6.54 Å². The summed E-state index contributed by atoms with van der Waals surface area (Å²) in [6.07, 6.45) is 13.1. The average molecular weight is 181 g/mol. The molecule has 13 heavy (non-hydrogen) atoms. The van der Waals surface area contributed by atoms with Crippen LogP contribution < -0.4 is 5.73 Å². The van der Waals surface area contributed by atoms with Gasteiger partial charge in [-0.15, -0.1) is 0 Å². The van der Waals surface area contributed by atoms with E-state index in [0.717, 1.165) is 12.5 Å². The van der Waals surface area contributed by atoms with Gasteiger partial charge in [-0.3, -0.25) is 0 Å². The van der Waals surface area contributed by atoms with Crippen LogP contribution in [-0.2, 0) is 0 Å². The van der Waals surface area contributed by atoms with Gasteiger partial charge in [0.25, 0.3) is 0 Å². The van der Waals surface area contributed by atoms with Crippen molar-refractivity contribution in [1.82, 2.24) is 0 Å². The summed E-state index contributed by atoms with van der Waals surface area (Å²) >= 11 is 0. The van der Waals surface area contributed by atoms with Crippen LogP contribution in [0.25, 0.3) is 0 Å². The van der Waals surface area contributed by atoms with Crippen molar-refractivity contribution in [2.24, 2.45) is 17.1 Å². The molecule has 2 fully saturated rings. The first kappa shape index (κ1) is 9.51. The average Bonchev–Trinajstić information content (AvgIpc) is 2.77. The third kappa shape index (κ3) is 2.07. The predicted octanol–water partition coefficient (Wildman–Crippen LogP) is 3.09. The lowest BCUT2D eigenvalue weighted by Gasteiger charge is -2.30. The van der Waals surface area contributed by atoms with Gasteiger partial charge in [-0.1, -0.05) is 38.5 Å². The smallest absolute Gasteiger partial charge is 0.00204 e. The molecule has 76 valence electrons. The lowest BCUT2D eigenvalue weighted by Crippen LogP contribution is -2.29. The Morgan fingerprint density at radius 1 is 1.00 bits per heavy atom. The lowest BCUT2D eigenvalue weighted by atomic mass is 9.77. The van der Waals surface area contributed by atoms with E-state index in [4.69, 9.17) is 5.73 Å². The van der Waals surface area contributed by atoms with Crippen LogP contribution in [0.15, 0.2) is 0 Å². The Kier molecular flexibility index (Phi) is 2.92. The van der Waals surface area contributed by atoms with Crippen molar-refractivity contribution in [3.63, 3.8) is 0 Å². The van der Waals surface area contributed by atoms with E-state index in [1.165, 1.54) is 57.8 Å². The molecule has 2 N–H and O–H groups in total. The lowest BCUT2D eigenvalue weighted by molar-refractivity contribution is 0.230. The van der Waals surface area contributed by atoms with E-state index in [1.54, 1.807) is 0 Å². The van der Waals surface area contributed by atoms with Crippen molar-refractivity contribution < 1.29 is 0 Å². The molecular weight excluding hydrogens is 158 g/mol. The molecule has 0 aromatic heterocycles. The van der Waals surface area contributed by atoms with E-state index < -0.39 is 0 Å². The second kappa shape index (κ2) is 4.00. The zero-order valence-electron chi connectivity index (χ0n) is 8.73. The topological polar surface area (TPSA) is 26.0 Å². The molecule has 0 unspecified atom stereocenters. The molecule has 0 spiro atoms. The molecule has 0 amide bonds. The zero-order valence-corrected chi connectivity index (χ0v) is 8.73. The Balaban J connectivity index is 1.88. The minimum Gasteiger partial charge on any atom is -0.330 e. The highest BCUT2D eigenvalue weighted by Crippen LogP contribution is 2.45. The molecule has 1 heteroatoms. The molecule has 0 aliphatic heterocycles. The molecule has 0 aromatic rings. The first-order valence-electron chi connectivity index (χ1n) is 6.05. The highest BCUT2D eigenvalue weighted by Gasteiger charge is 2.35. The third-order valence-electron chi connectivity index (χ3n) is 4.29. The van der Waals surface area contributed by atoms with Gasteiger partial charge in [-0.25, -0.2) is 0 Å². The summed E-state index contributed by atoms with van der Waals surface area (Å²) in [5, 5.41) is 0. The summed E-state index contributed by atoms with van der Waals surface area (Å²) in [5.41, 5.74) is 6.53. The summed E-state index contributed by atoms with van der Waals surface area (Å²) in [4.78, 5) is 0. The Labute approximate surface area is 82.1 Å². The molecule has 2 rings (SSSR count). The van der Waals surface area contributed by atoms with Gasteiger partial charge in [0.1, 0.15) is 0 Å². The number of hydrogen-bond donors (Lipinski definition) is 1. The third-order valence-corrected chi connectivity index (χ3v) is 4.29. The summed E-state index contributed by atoms with van der Waals surface area (Å²) < 4.78 is 0. The molecule has 0 bridgehead atoms. The Morgan fingerprint density at radius 2 is 1.62 bits per heavy atom. The molecule has 0 radical (unpaired) electrons. The van der Waals surface area contributed by atoms with Crippen molar-refractivity contribution in [2.45, 2.75) is 57.8 Å². The summed E-state index contributed by atoms with van der Waals surface area (Å²) in [5.74, 6) is 1.03. The van der Waals surface area contributed by atoms with Crippen LogP contribution in [0.2, 0.25) is 0 Å². The number of rotatable bonds is 3. The Bertz CT molecular complexity index is 153. The van der Waals surface area contributed by atoms with E-state index in [1.807, 2.05) is 0 Å². The van der Waals surface area contributed by atoms with Gasteiger partial charge in [-0.05, 0) is 37.1 Å². The second-order valence-electron chi connectivity index (χ2n) is 5.27. The fraction of sp³-hybridized carbons (Fsp3) is 1.00. The van der Waals surface area contributed by atoms with Crippen molar-refractivity contribution in [3.8, 4) is 0 Å². The van der Waals surface area contributed by atoms with Crippen LogP contribution >= 0.6 is 0 Å². The molecular formula is C12H23N. The number of nitrogens with two attached hydrogens (primary N) is 1. The van der Waals surface area contributed by atoms with Gasteiger partial charge in [-0.2, -0.15) is 0 Å². The van der Waals surface area contributed by atoms with E-state index in [2.05, 4.69) is 0 Å². The second-order valence-corrected chi connectivity index (χ2v) is 5.27. The van der Waals surface area contributed by atoms with Gasteiger partial charge in [0.05, 0.1) is 0 Å². The minimum atomic E-state index is 0.578. The van der Waals surface area contributed by atoms with Gasteiger partial charge in [0.2, 0.25) is 0 Å². The quantitative estimate of drug-likeness (QED) is 0.711. The fourth-order valence-electron chi connectivity index (χ4n) is 3.44. The van der Waals surface area contributed by atoms with Crippen molar-refractivity contribution in [3.05, 3.63) is 0 Å².